The molecule has 0 unspecified atom stereocenters. The zero-order valence-electron chi connectivity index (χ0n) is 6.32. The predicted molar refractivity (Wildman–Crippen MR) is 40.0 cm³/mol. The van der Waals surface area contributed by atoms with Gasteiger partial charge in [-0.2, -0.15) is 9.97 Å². The Balaban J connectivity index is 2.56. The number of nitrogens with two attached hydrogens (primary N) is 1. The van der Waals surface area contributed by atoms with E-state index in [1.54, 1.807) is 0 Å². The van der Waals surface area contributed by atoms with E-state index in [0.717, 1.165) is 6.42 Å². The molecule has 2 N–H and O–H groups in total. The average Bonchev–Trinajstić information content (AvgIpc) is 2.01. The molecule has 5 nitrogen and oxygen atoms in total. The van der Waals surface area contributed by atoms with Gasteiger partial charge in [-0.25, -0.2) is 4.98 Å². The van der Waals surface area contributed by atoms with Gasteiger partial charge in [0.15, 0.2) is 0 Å². The van der Waals surface area contributed by atoms with Crippen LogP contribution in [0.5, 0.6) is 6.01 Å². The normalized spacial score (nSPS) is 9.55. The Morgan fingerprint density at radius 1 is 1.55 bits per heavy atom. The molecule has 11 heavy (non-hydrogen) atoms. The number of aromatic nitrogens is 3. The van der Waals surface area contributed by atoms with E-state index in [0.29, 0.717) is 12.6 Å². The van der Waals surface area contributed by atoms with Crippen molar-refractivity contribution in [1.29, 1.82) is 0 Å². The van der Waals surface area contributed by atoms with Gasteiger partial charge in [0.1, 0.15) is 6.33 Å². The lowest BCUT2D eigenvalue weighted by molar-refractivity contribution is 0.292. The van der Waals surface area contributed by atoms with Gasteiger partial charge in [0, 0.05) is 0 Å². The molecule has 0 saturated heterocycles. The maximum absolute atomic E-state index is 5.29. The maximum Gasteiger partial charge on any atom is 0.321 e. The molecule has 5 heteroatoms. The third kappa shape index (κ3) is 2.37. The molecule has 0 fully saturated rings. The van der Waals surface area contributed by atoms with Crippen molar-refractivity contribution in [2.45, 2.75) is 13.3 Å². The van der Waals surface area contributed by atoms with E-state index in [2.05, 4.69) is 15.0 Å². The highest BCUT2D eigenvalue weighted by Gasteiger charge is 1.95. The fraction of sp³-hybridized carbons (Fsp3) is 0.500. The number of nitrogen functional groups attached to an aromatic ring is 1. The summed E-state index contributed by atoms with van der Waals surface area (Å²) in [5.41, 5.74) is 5.29. The number of hydrogen-bond acceptors (Lipinski definition) is 5. The number of hydrogen-bond donors (Lipinski definition) is 1. The van der Waals surface area contributed by atoms with Crippen LogP contribution in [0, 0.1) is 0 Å². The third-order valence-corrected chi connectivity index (χ3v) is 1.00. The first-order valence-electron chi connectivity index (χ1n) is 3.40. The molecule has 0 radical (unpaired) electrons. The quantitative estimate of drug-likeness (QED) is 0.675. The summed E-state index contributed by atoms with van der Waals surface area (Å²) in [6, 6.07) is 0.291. The number of anilines is 1. The van der Waals surface area contributed by atoms with E-state index in [9.17, 15) is 0 Å². The highest BCUT2D eigenvalue weighted by Crippen LogP contribution is 2.00. The number of rotatable bonds is 3. The molecule has 1 heterocycles. The van der Waals surface area contributed by atoms with Gasteiger partial charge in [0.2, 0.25) is 5.95 Å². The van der Waals surface area contributed by atoms with Crippen molar-refractivity contribution in [2.24, 2.45) is 0 Å². The Morgan fingerprint density at radius 3 is 3.00 bits per heavy atom. The lowest BCUT2D eigenvalue weighted by Crippen LogP contribution is -2.02. The molecule has 1 aromatic rings. The van der Waals surface area contributed by atoms with Crippen LogP contribution in [0.25, 0.3) is 0 Å². The van der Waals surface area contributed by atoms with Gasteiger partial charge in [0.05, 0.1) is 6.61 Å². The van der Waals surface area contributed by atoms with Gasteiger partial charge in [-0.1, -0.05) is 6.92 Å². The van der Waals surface area contributed by atoms with Crippen LogP contribution < -0.4 is 10.5 Å². The fourth-order valence-electron chi connectivity index (χ4n) is 0.556. The second-order valence-electron chi connectivity index (χ2n) is 1.97. The minimum atomic E-state index is 0.186. The third-order valence-electron chi connectivity index (χ3n) is 1.00. The van der Waals surface area contributed by atoms with E-state index in [1.165, 1.54) is 6.33 Å². The van der Waals surface area contributed by atoms with Gasteiger partial charge in [0.25, 0.3) is 0 Å². The van der Waals surface area contributed by atoms with Crippen LogP contribution in [0.1, 0.15) is 13.3 Å². The Kier molecular flexibility index (Phi) is 2.59. The summed E-state index contributed by atoms with van der Waals surface area (Å²) in [6.45, 7) is 2.61. The summed E-state index contributed by atoms with van der Waals surface area (Å²) in [6.07, 6.45) is 2.25. The molecule has 0 spiro atoms. The van der Waals surface area contributed by atoms with Crippen LogP contribution in [-0.2, 0) is 0 Å². The van der Waals surface area contributed by atoms with E-state index in [1.807, 2.05) is 6.92 Å². The molecular formula is C6H10N4O. The summed E-state index contributed by atoms with van der Waals surface area (Å²) in [7, 11) is 0. The SMILES string of the molecule is CCCOc1ncnc(N)n1. The molecule has 0 aliphatic rings. The van der Waals surface area contributed by atoms with Crippen LogP contribution in [0.3, 0.4) is 0 Å². The van der Waals surface area contributed by atoms with E-state index in [4.69, 9.17) is 10.5 Å². The second-order valence-corrected chi connectivity index (χ2v) is 1.97. The van der Waals surface area contributed by atoms with Crippen LogP contribution in [-0.4, -0.2) is 21.6 Å². The first kappa shape index (κ1) is 7.71. The van der Waals surface area contributed by atoms with Crippen LogP contribution in [0.4, 0.5) is 5.95 Å². The smallest absolute Gasteiger partial charge is 0.321 e. The zero-order valence-corrected chi connectivity index (χ0v) is 6.32. The Bertz CT molecular complexity index is 228. The van der Waals surface area contributed by atoms with E-state index in [-0.39, 0.29) is 5.95 Å². The molecule has 60 valence electrons. The molecule has 0 bridgehead atoms. The molecule has 0 atom stereocenters. The summed E-state index contributed by atoms with van der Waals surface area (Å²) in [4.78, 5) is 11.1. The summed E-state index contributed by atoms with van der Waals surface area (Å²) < 4.78 is 5.09. The zero-order chi connectivity index (χ0) is 8.10. The first-order chi connectivity index (χ1) is 5.33. The van der Waals surface area contributed by atoms with Gasteiger partial charge in [-0.3, -0.25) is 0 Å². The van der Waals surface area contributed by atoms with Gasteiger partial charge < -0.3 is 10.5 Å². The Labute approximate surface area is 64.6 Å². The molecule has 0 aliphatic heterocycles. The lowest BCUT2D eigenvalue weighted by Gasteiger charge is -2.00. The van der Waals surface area contributed by atoms with Crippen molar-refractivity contribution >= 4 is 5.95 Å². The van der Waals surface area contributed by atoms with Gasteiger partial charge >= 0.3 is 6.01 Å². The second kappa shape index (κ2) is 3.70. The Hall–Kier alpha value is -1.39. The van der Waals surface area contributed by atoms with Crippen LogP contribution in [0.2, 0.25) is 0 Å². The monoisotopic (exact) mass is 154 g/mol. The maximum atomic E-state index is 5.29. The predicted octanol–water partition coefficient (Wildman–Crippen LogP) is 0.243. The minimum Gasteiger partial charge on any atom is -0.463 e. The summed E-state index contributed by atoms with van der Waals surface area (Å²) in [5.74, 6) is 0.186. The molecule has 0 amide bonds. The fourth-order valence-corrected chi connectivity index (χ4v) is 0.556. The average molecular weight is 154 g/mol. The van der Waals surface area contributed by atoms with E-state index < -0.39 is 0 Å². The van der Waals surface area contributed by atoms with Gasteiger partial charge in [-0.05, 0) is 6.42 Å². The summed E-state index contributed by atoms with van der Waals surface area (Å²) in [5, 5.41) is 0. The minimum absolute atomic E-state index is 0.186. The van der Waals surface area contributed by atoms with Crippen molar-refractivity contribution in [3.8, 4) is 6.01 Å². The van der Waals surface area contributed by atoms with Crippen molar-refractivity contribution in [3.05, 3.63) is 6.33 Å². The molecular weight excluding hydrogens is 144 g/mol. The molecule has 1 aromatic heterocycles. The summed E-state index contributed by atoms with van der Waals surface area (Å²) >= 11 is 0. The van der Waals surface area contributed by atoms with Crippen molar-refractivity contribution in [3.63, 3.8) is 0 Å². The first-order valence-corrected chi connectivity index (χ1v) is 3.40. The highest BCUT2D eigenvalue weighted by molar-refractivity contribution is 5.14. The van der Waals surface area contributed by atoms with Crippen LogP contribution in [0.15, 0.2) is 6.33 Å². The number of ether oxygens (including phenoxy) is 1. The molecule has 1 rings (SSSR count). The largest absolute Gasteiger partial charge is 0.463 e. The lowest BCUT2D eigenvalue weighted by atomic mass is 10.5. The van der Waals surface area contributed by atoms with E-state index >= 15 is 0 Å². The van der Waals surface area contributed by atoms with Gasteiger partial charge in [-0.15, -0.1) is 0 Å². The highest BCUT2D eigenvalue weighted by atomic mass is 16.5. The van der Waals surface area contributed by atoms with Crippen molar-refractivity contribution < 1.29 is 4.74 Å². The molecule has 0 saturated carbocycles. The van der Waals surface area contributed by atoms with Crippen molar-refractivity contribution in [2.75, 3.05) is 12.3 Å². The molecule has 0 aromatic carbocycles. The topological polar surface area (TPSA) is 73.9 Å². The molecule has 0 aliphatic carbocycles. The van der Waals surface area contributed by atoms with Crippen LogP contribution >= 0.6 is 0 Å². The van der Waals surface area contributed by atoms with Crippen molar-refractivity contribution in [1.82, 2.24) is 15.0 Å². The number of nitrogens with zero attached hydrogens (tertiary/aromatic N) is 3. The Morgan fingerprint density at radius 2 is 2.36 bits per heavy atom. The standard InChI is InChI=1S/C6H10N4O/c1-2-3-11-6-9-4-8-5(7)10-6/h4H,2-3H2,1H3,(H2,7,8,9,10).